The lowest BCUT2D eigenvalue weighted by Crippen LogP contribution is -2.38. The van der Waals surface area contributed by atoms with Crippen LogP contribution in [0.3, 0.4) is 0 Å². The van der Waals surface area contributed by atoms with Crippen LogP contribution in [0.15, 0.2) is 91.5 Å². The summed E-state index contributed by atoms with van der Waals surface area (Å²) in [6, 6.07) is 26.3. The Morgan fingerprint density at radius 2 is 1.54 bits per heavy atom. The third-order valence-corrected chi connectivity index (χ3v) is 10.5. The number of aliphatic hydroxyl groups is 1. The number of rotatable bonds is 13. The normalized spacial score (nSPS) is 17.8. The number of carbonyl (C=O) groups is 1. The lowest BCUT2D eigenvalue weighted by molar-refractivity contribution is -0.0931. The van der Waals surface area contributed by atoms with E-state index in [0.29, 0.717) is 17.8 Å². The second-order valence-electron chi connectivity index (χ2n) is 13.4. The summed E-state index contributed by atoms with van der Waals surface area (Å²) >= 11 is 0. The summed E-state index contributed by atoms with van der Waals surface area (Å²) in [6.45, 7) is 7.05. The maximum Gasteiger partial charge on any atom is 0.412 e. The van der Waals surface area contributed by atoms with E-state index in [2.05, 4.69) is 39.9 Å². The number of aliphatic hydroxyl groups excluding tert-OH is 1. The Hall–Kier alpha value is -4.82. The molecule has 0 unspecified atom stereocenters. The van der Waals surface area contributed by atoms with Crippen LogP contribution in [0.5, 0.6) is 11.5 Å². The number of aromatic nitrogens is 4. The van der Waals surface area contributed by atoms with E-state index in [1.807, 2.05) is 78.9 Å². The van der Waals surface area contributed by atoms with Crippen molar-refractivity contribution in [3.8, 4) is 11.5 Å². The summed E-state index contributed by atoms with van der Waals surface area (Å²) in [5.41, 5.74) is 2.40. The van der Waals surface area contributed by atoms with Crippen molar-refractivity contribution in [2.45, 2.75) is 56.1 Å². The van der Waals surface area contributed by atoms with Gasteiger partial charge >= 0.3 is 6.09 Å². The molecule has 0 bridgehead atoms. The monoisotopic (exact) mass is 697 g/mol. The average Bonchev–Trinajstić information content (AvgIpc) is 3.72. The Morgan fingerprint density at radius 1 is 0.920 bits per heavy atom. The molecule has 1 amide bonds. The predicted molar refractivity (Wildman–Crippen MR) is 191 cm³/mol. The molecule has 50 heavy (non-hydrogen) atoms. The number of methoxy groups -OCH3 is 2. The van der Waals surface area contributed by atoms with Gasteiger partial charge < -0.3 is 28.8 Å². The van der Waals surface area contributed by atoms with Gasteiger partial charge in [0.2, 0.25) is 0 Å². The summed E-state index contributed by atoms with van der Waals surface area (Å²) in [5, 5.41) is 14.0. The summed E-state index contributed by atoms with van der Waals surface area (Å²) in [7, 11) is 1.90. The number of nitrogens with one attached hydrogen (secondary N) is 1. The topological polar surface area (TPSA) is 139 Å². The van der Waals surface area contributed by atoms with Gasteiger partial charge in [0, 0.05) is 14.5 Å². The van der Waals surface area contributed by atoms with Crippen molar-refractivity contribution >= 4 is 31.1 Å². The van der Waals surface area contributed by atoms with Gasteiger partial charge in [0.15, 0.2) is 17.0 Å². The molecule has 2 N–H and O–H groups in total. The highest BCUT2D eigenvalue weighted by atomic mass is 28.3. The molecule has 0 spiro atoms. The first kappa shape index (κ1) is 35.0. The first-order valence-electron chi connectivity index (χ1n) is 16.5. The molecule has 1 fully saturated rings. The number of benzene rings is 3. The number of carbonyl (C=O) groups excluding carboxylic acids is 1. The quantitative estimate of drug-likeness (QED) is 0.105. The van der Waals surface area contributed by atoms with Crippen molar-refractivity contribution < 1.29 is 33.6 Å². The van der Waals surface area contributed by atoms with Gasteiger partial charge in [-0.25, -0.2) is 19.7 Å². The third-order valence-electron chi connectivity index (χ3n) is 8.82. The molecule has 3 atom stereocenters. The van der Waals surface area contributed by atoms with E-state index in [1.54, 1.807) is 25.1 Å². The molecule has 0 aliphatic carbocycles. The summed E-state index contributed by atoms with van der Waals surface area (Å²) in [5.74, 6) is 1.67. The Morgan fingerprint density at radius 3 is 2.14 bits per heavy atom. The molecule has 3 aromatic carbocycles. The molecule has 3 heterocycles. The zero-order chi connectivity index (χ0) is 35.3. The SMILES string of the molecule is COc1ccc(C(OC[C@H]2O[C@@H](n3cnc4c(NC(=O)OCC[Si](C)(C)C)ncnc43)C[C@@H]2O)(c2ccccc2)c2ccc(OC)cc2)cc1. The van der Waals surface area contributed by atoms with Crippen molar-refractivity contribution in [2.24, 2.45) is 0 Å². The van der Waals surface area contributed by atoms with Gasteiger partial charge in [0.1, 0.15) is 35.8 Å². The molecule has 0 radical (unpaired) electrons. The largest absolute Gasteiger partial charge is 0.497 e. The fraction of sp³-hybridized carbons (Fsp3) is 0.351. The van der Waals surface area contributed by atoms with E-state index in [-0.39, 0.29) is 18.8 Å². The molecular formula is C37H43N5O7Si. The third kappa shape index (κ3) is 7.50. The van der Waals surface area contributed by atoms with Gasteiger partial charge in [-0.05, 0) is 47.0 Å². The Kier molecular flexibility index (Phi) is 10.5. The number of anilines is 1. The van der Waals surface area contributed by atoms with E-state index < -0.39 is 38.2 Å². The Bertz CT molecular complexity index is 1830. The van der Waals surface area contributed by atoms with Crippen molar-refractivity contribution in [2.75, 3.05) is 32.8 Å². The van der Waals surface area contributed by atoms with Crippen molar-refractivity contribution in [3.05, 3.63) is 108 Å². The molecule has 1 aliphatic heterocycles. The second-order valence-corrected chi connectivity index (χ2v) is 19.0. The number of imidazole rings is 1. The van der Waals surface area contributed by atoms with E-state index in [1.165, 1.54) is 6.33 Å². The summed E-state index contributed by atoms with van der Waals surface area (Å²) < 4.78 is 31.5. The Balaban J connectivity index is 1.25. The average molecular weight is 698 g/mol. The van der Waals surface area contributed by atoms with E-state index in [9.17, 15) is 9.90 Å². The lowest BCUT2D eigenvalue weighted by atomic mass is 9.80. The lowest BCUT2D eigenvalue weighted by Gasteiger charge is -2.37. The van der Waals surface area contributed by atoms with Crippen LogP contribution >= 0.6 is 0 Å². The van der Waals surface area contributed by atoms with Crippen LogP contribution in [0.4, 0.5) is 10.6 Å². The van der Waals surface area contributed by atoms with Crippen LogP contribution in [0.1, 0.15) is 29.3 Å². The zero-order valence-corrected chi connectivity index (χ0v) is 29.9. The summed E-state index contributed by atoms with van der Waals surface area (Å²) in [6.07, 6.45) is 0.471. The number of nitrogens with zero attached hydrogens (tertiary/aromatic N) is 4. The molecule has 2 aromatic heterocycles. The minimum absolute atomic E-state index is 0.0578. The minimum Gasteiger partial charge on any atom is -0.497 e. The molecule has 0 saturated carbocycles. The number of hydrogen-bond acceptors (Lipinski definition) is 10. The van der Waals surface area contributed by atoms with Gasteiger partial charge in [-0.3, -0.25) is 9.88 Å². The highest BCUT2D eigenvalue weighted by molar-refractivity contribution is 6.76. The Labute approximate surface area is 292 Å². The zero-order valence-electron chi connectivity index (χ0n) is 28.9. The van der Waals surface area contributed by atoms with Gasteiger partial charge in [0.05, 0.1) is 39.9 Å². The van der Waals surface area contributed by atoms with Gasteiger partial charge in [-0.2, -0.15) is 0 Å². The van der Waals surface area contributed by atoms with Crippen LogP contribution < -0.4 is 14.8 Å². The van der Waals surface area contributed by atoms with Crippen molar-refractivity contribution in [1.29, 1.82) is 0 Å². The fourth-order valence-electron chi connectivity index (χ4n) is 6.05. The second kappa shape index (κ2) is 15.0. The maximum atomic E-state index is 12.5. The van der Waals surface area contributed by atoms with Crippen molar-refractivity contribution in [3.63, 3.8) is 0 Å². The number of ether oxygens (including phenoxy) is 5. The van der Waals surface area contributed by atoms with Gasteiger partial charge in [-0.15, -0.1) is 0 Å². The highest BCUT2D eigenvalue weighted by Crippen LogP contribution is 2.43. The van der Waals surface area contributed by atoms with Gasteiger partial charge in [0.25, 0.3) is 0 Å². The molecule has 6 rings (SSSR count). The highest BCUT2D eigenvalue weighted by Gasteiger charge is 2.42. The van der Waals surface area contributed by atoms with E-state index in [4.69, 9.17) is 23.7 Å². The number of amides is 1. The predicted octanol–water partition coefficient (Wildman–Crippen LogP) is 6.39. The first-order chi connectivity index (χ1) is 24.1. The summed E-state index contributed by atoms with van der Waals surface area (Å²) in [4.78, 5) is 25.6. The molecule has 1 aliphatic rings. The van der Waals surface area contributed by atoms with E-state index >= 15 is 0 Å². The van der Waals surface area contributed by atoms with Crippen LogP contribution in [-0.4, -0.2) is 78.4 Å². The molecular weight excluding hydrogens is 655 g/mol. The number of fused-ring (bicyclic) bond motifs is 1. The molecule has 1 saturated heterocycles. The molecule has 262 valence electrons. The number of hydrogen-bond donors (Lipinski definition) is 2. The smallest absolute Gasteiger partial charge is 0.412 e. The molecule has 13 heteroatoms. The minimum atomic E-state index is -1.36. The molecule has 5 aromatic rings. The van der Waals surface area contributed by atoms with E-state index in [0.717, 1.165) is 34.2 Å². The van der Waals surface area contributed by atoms with Crippen LogP contribution in [-0.2, 0) is 19.8 Å². The molecule has 12 nitrogen and oxygen atoms in total. The first-order valence-corrected chi connectivity index (χ1v) is 20.3. The van der Waals surface area contributed by atoms with Crippen LogP contribution in [0.25, 0.3) is 11.2 Å². The van der Waals surface area contributed by atoms with Crippen molar-refractivity contribution in [1.82, 2.24) is 19.5 Å². The van der Waals surface area contributed by atoms with Crippen LogP contribution in [0, 0.1) is 0 Å². The standard InChI is InChI=1S/C37H43N5O7Si/c1-45-28-15-11-26(12-16-28)37(25-9-7-6-8-10-25,27-13-17-29(46-2)18-14-27)48-22-31-30(43)21-32(49-31)42-24-40-33-34(38-23-39-35(33)42)41-36(44)47-19-20-50(3,4)5/h6-18,23-24,30-32,43H,19-22H2,1-5H3,(H,38,39,41,44)/t30-,31+,32+/m0/s1. The van der Waals surface area contributed by atoms with Crippen LogP contribution in [0.2, 0.25) is 25.7 Å². The van der Waals surface area contributed by atoms with Gasteiger partial charge in [-0.1, -0.05) is 74.2 Å². The fourth-order valence-corrected chi connectivity index (χ4v) is 6.77. The maximum absolute atomic E-state index is 12.5.